The molecular weight excluding hydrogens is 230 g/mol. The van der Waals surface area contributed by atoms with Crippen LogP contribution in [0.4, 0.5) is 5.13 Å². The summed E-state index contributed by atoms with van der Waals surface area (Å²) in [5.74, 6) is 0.807. The van der Waals surface area contributed by atoms with Crippen molar-refractivity contribution in [1.29, 1.82) is 0 Å². The van der Waals surface area contributed by atoms with Crippen molar-refractivity contribution in [3.63, 3.8) is 0 Å². The Hall–Kier alpha value is -0.320. The first kappa shape index (κ1) is 11.2. The molecule has 1 aliphatic heterocycles. The summed E-state index contributed by atoms with van der Waals surface area (Å²) < 4.78 is 0. The summed E-state index contributed by atoms with van der Waals surface area (Å²) >= 11 is 7.44. The van der Waals surface area contributed by atoms with Crippen LogP contribution in [0.1, 0.15) is 19.3 Å². The van der Waals surface area contributed by atoms with E-state index in [0.29, 0.717) is 5.15 Å². The molecule has 0 saturated carbocycles. The third kappa shape index (κ3) is 2.83. The van der Waals surface area contributed by atoms with Crippen LogP contribution in [-0.2, 0) is 0 Å². The SMILES string of the molecule is NCCC1CCN(c2nc(Cl)cs2)CC1. The van der Waals surface area contributed by atoms with E-state index in [-0.39, 0.29) is 0 Å². The van der Waals surface area contributed by atoms with Gasteiger partial charge in [-0.3, -0.25) is 0 Å². The van der Waals surface area contributed by atoms with Gasteiger partial charge < -0.3 is 10.6 Å². The van der Waals surface area contributed by atoms with E-state index in [2.05, 4.69) is 9.88 Å². The number of hydrogen-bond donors (Lipinski definition) is 1. The van der Waals surface area contributed by atoms with Crippen molar-refractivity contribution in [1.82, 2.24) is 4.98 Å². The van der Waals surface area contributed by atoms with Gasteiger partial charge in [0.1, 0.15) is 5.15 Å². The predicted molar refractivity (Wildman–Crippen MR) is 65.7 cm³/mol. The minimum absolute atomic E-state index is 0.610. The zero-order chi connectivity index (χ0) is 10.7. The van der Waals surface area contributed by atoms with E-state index in [4.69, 9.17) is 17.3 Å². The van der Waals surface area contributed by atoms with Gasteiger partial charge in [0.2, 0.25) is 0 Å². The van der Waals surface area contributed by atoms with Crippen LogP contribution in [0.25, 0.3) is 0 Å². The Morgan fingerprint density at radius 2 is 2.27 bits per heavy atom. The Bertz CT molecular complexity index is 307. The Morgan fingerprint density at radius 3 is 2.80 bits per heavy atom. The molecule has 2 rings (SSSR count). The molecule has 2 heterocycles. The highest BCUT2D eigenvalue weighted by atomic mass is 35.5. The first-order valence-electron chi connectivity index (χ1n) is 5.35. The van der Waals surface area contributed by atoms with Crippen molar-refractivity contribution >= 4 is 28.1 Å². The molecule has 0 radical (unpaired) electrons. The first-order valence-corrected chi connectivity index (χ1v) is 6.61. The number of nitrogens with two attached hydrogens (primary N) is 1. The fraction of sp³-hybridized carbons (Fsp3) is 0.700. The maximum Gasteiger partial charge on any atom is 0.186 e. The molecule has 1 saturated heterocycles. The summed E-state index contributed by atoms with van der Waals surface area (Å²) in [6, 6.07) is 0. The van der Waals surface area contributed by atoms with E-state index in [1.165, 1.54) is 12.8 Å². The maximum absolute atomic E-state index is 5.81. The highest BCUT2D eigenvalue weighted by Gasteiger charge is 2.20. The van der Waals surface area contributed by atoms with Gasteiger partial charge >= 0.3 is 0 Å². The molecule has 0 aliphatic carbocycles. The van der Waals surface area contributed by atoms with E-state index >= 15 is 0 Å². The number of anilines is 1. The highest BCUT2D eigenvalue weighted by molar-refractivity contribution is 7.14. The van der Waals surface area contributed by atoms with Gasteiger partial charge in [-0.05, 0) is 31.7 Å². The van der Waals surface area contributed by atoms with Gasteiger partial charge in [-0.15, -0.1) is 11.3 Å². The Morgan fingerprint density at radius 1 is 1.53 bits per heavy atom. The molecule has 15 heavy (non-hydrogen) atoms. The van der Waals surface area contributed by atoms with Gasteiger partial charge in [0.15, 0.2) is 5.13 Å². The molecule has 3 nitrogen and oxygen atoms in total. The third-order valence-electron chi connectivity index (χ3n) is 2.92. The van der Waals surface area contributed by atoms with Crippen LogP contribution in [-0.4, -0.2) is 24.6 Å². The molecule has 0 atom stereocenters. The monoisotopic (exact) mass is 245 g/mol. The van der Waals surface area contributed by atoms with Crippen molar-refractivity contribution in [3.05, 3.63) is 10.5 Å². The lowest BCUT2D eigenvalue weighted by Gasteiger charge is -2.31. The van der Waals surface area contributed by atoms with Crippen LogP contribution < -0.4 is 10.6 Å². The summed E-state index contributed by atoms with van der Waals surface area (Å²) in [5, 5.41) is 3.56. The van der Waals surface area contributed by atoms with Crippen molar-refractivity contribution in [2.45, 2.75) is 19.3 Å². The van der Waals surface area contributed by atoms with Crippen LogP contribution >= 0.6 is 22.9 Å². The van der Waals surface area contributed by atoms with Gasteiger partial charge in [0, 0.05) is 18.5 Å². The molecule has 84 valence electrons. The van der Waals surface area contributed by atoms with Gasteiger partial charge in [-0.25, -0.2) is 4.98 Å². The lowest BCUT2D eigenvalue weighted by atomic mass is 9.94. The number of rotatable bonds is 3. The minimum Gasteiger partial charge on any atom is -0.348 e. The van der Waals surface area contributed by atoms with Gasteiger partial charge in [-0.1, -0.05) is 11.6 Å². The normalized spacial score (nSPS) is 18.4. The molecule has 5 heteroatoms. The van der Waals surface area contributed by atoms with Crippen LogP contribution in [0.15, 0.2) is 5.38 Å². The Labute approximate surface area is 99.2 Å². The fourth-order valence-electron chi connectivity index (χ4n) is 2.04. The summed E-state index contributed by atoms with van der Waals surface area (Å²) in [7, 11) is 0. The number of piperidine rings is 1. The highest BCUT2D eigenvalue weighted by Crippen LogP contribution is 2.28. The number of nitrogens with zero attached hydrogens (tertiary/aromatic N) is 2. The van der Waals surface area contributed by atoms with E-state index in [1.807, 2.05) is 5.38 Å². The van der Waals surface area contributed by atoms with Crippen molar-refractivity contribution in [3.8, 4) is 0 Å². The van der Waals surface area contributed by atoms with Gasteiger partial charge in [0.25, 0.3) is 0 Å². The molecule has 1 aliphatic rings. The van der Waals surface area contributed by atoms with Crippen LogP contribution in [0.2, 0.25) is 5.15 Å². The molecular formula is C10H16ClN3S. The zero-order valence-corrected chi connectivity index (χ0v) is 10.2. The number of thiazole rings is 1. The molecule has 0 unspecified atom stereocenters. The number of halogens is 1. The zero-order valence-electron chi connectivity index (χ0n) is 8.66. The van der Waals surface area contributed by atoms with Crippen molar-refractivity contribution in [2.75, 3.05) is 24.5 Å². The van der Waals surface area contributed by atoms with Gasteiger partial charge in [0.05, 0.1) is 0 Å². The lowest BCUT2D eigenvalue weighted by Crippen LogP contribution is -2.34. The quantitative estimate of drug-likeness (QED) is 0.889. The van der Waals surface area contributed by atoms with Gasteiger partial charge in [-0.2, -0.15) is 0 Å². The summed E-state index contributed by atoms with van der Waals surface area (Å²) in [6.07, 6.45) is 3.62. The second-order valence-electron chi connectivity index (χ2n) is 3.96. The summed E-state index contributed by atoms with van der Waals surface area (Å²) in [4.78, 5) is 6.61. The summed E-state index contributed by atoms with van der Waals surface area (Å²) in [5.41, 5.74) is 5.57. The maximum atomic E-state index is 5.81. The molecule has 1 aromatic rings. The average molecular weight is 246 g/mol. The van der Waals surface area contributed by atoms with Crippen LogP contribution in [0.5, 0.6) is 0 Å². The predicted octanol–water partition coefficient (Wildman–Crippen LogP) is 2.36. The molecule has 0 bridgehead atoms. The first-order chi connectivity index (χ1) is 7.29. The smallest absolute Gasteiger partial charge is 0.186 e. The van der Waals surface area contributed by atoms with Crippen LogP contribution in [0, 0.1) is 5.92 Å². The molecule has 0 spiro atoms. The molecule has 1 fully saturated rings. The topological polar surface area (TPSA) is 42.1 Å². The molecule has 2 N–H and O–H groups in total. The molecule has 0 amide bonds. The van der Waals surface area contributed by atoms with Crippen molar-refractivity contribution < 1.29 is 0 Å². The second-order valence-corrected chi connectivity index (χ2v) is 5.18. The second kappa shape index (κ2) is 5.14. The Kier molecular flexibility index (Phi) is 3.83. The van der Waals surface area contributed by atoms with E-state index < -0.39 is 0 Å². The van der Waals surface area contributed by atoms with Crippen molar-refractivity contribution in [2.24, 2.45) is 11.7 Å². The number of hydrogen-bond acceptors (Lipinski definition) is 4. The Balaban J connectivity index is 1.88. The lowest BCUT2D eigenvalue weighted by molar-refractivity contribution is 0.386. The third-order valence-corrected chi connectivity index (χ3v) is 4.15. The van der Waals surface area contributed by atoms with E-state index in [9.17, 15) is 0 Å². The van der Waals surface area contributed by atoms with E-state index in [0.717, 1.165) is 37.1 Å². The number of aromatic nitrogens is 1. The van der Waals surface area contributed by atoms with Crippen LogP contribution in [0.3, 0.4) is 0 Å². The molecule has 0 aromatic carbocycles. The summed E-state index contributed by atoms with van der Waals surface area (Å²) in [6.45, 7) is 3.00. The molecule has 1 aromatic heterocycles. The average Bonchev–Trinajstić information content (AvgIpc) is 2.67. The minimum atomic E-state index is 0.610. The largest absolute Gasteiger partial charge is 0.348 e. The van der Waals surface area contributed by atoms with E-state index in [1.54, 1.807) is 11.3 Å². The fourth-order valence-corrected chi connectivity index (χ4v) is 3.04. The standard InChI is InChI=1S/C10H16ClN3S/c11-9-7-15-10(13-9)14-5-2-8(1-4-12)3-6-14/h7-8H,1-6,12H2.